The van der Waals surface area contributed by atoms with Crippen molar-refractivity contribution in [3.63, 3.8) is 0 Å². The van der Waals surface area contributed by atoms with Gasteiger partial charge in [-0.05, 0) is 35.7 Å². The lowest BCUT2D eigenvalue weighted by Gasteiger charge is -2.15. The first-order valence-electron chi connectivity index (χ1n) is 17.6. The van der Waals surface area contributed by atoms with Gasteiger partial charge >= 0.3 is 0 Å². The van der Waals surface area contributed by atoms with Crippen LogP contribution in [0.4, 0.5) is 0 Å². The number of benzene rings is 7. The van der Waals surface area contributed by atoms with E-state index in [1.807, 2.05) is 30.3 Å². The minimum Gasteiger partial charge on any atom is -0.292 e. The van der Waals surface area contributed by atoms with E-state index >= 15 is 0 Å². The van der Waals surface area contributed by atoms with E-state index in [2.05, 4.69) is 155 Å². The Hall–Kier alpha value is -7.11. The van der Waals surface area contributed by atoms with Crippen LogP contribution in [0.15, 0.2) is 176 Å². The van der Waals surface area contributed by atoms with Crippen LogP contribution in [-0.2, 0) is 0 Å². The third-order valence-corrected chi connectivity index (χ3v) is 10.3. The highest BCUT2D eigenvalue weighted by atomic mass is 15.1. The molecule has 0 radical (unpaired) electrons. The van der Waals surface area contributed by atoms with Crippen LogP contribution in [0.25, 0.3) is 99.8 Å². The van der Waals surface area contributed by atoms with E-state index in [-0.39, 0.29) is 0 Å². The van der Waals surface area contributed by atoms with Gasteiger partial charge in [0.15, 0.2) is 5.82 Å². The van der Waals surface area contributed by atoms with E-state index in [9.17, 15) is 0 Å². The Balaban J connectivity index is 1.35. The molecule has 5 heteroatoms. The first kappa shape index (κ1) is 28.7. The zero-order chi connectivity index (χ0) is 34.2. The van der Waals surface area contributed by atoms with Crippen molar-refractivity contribution in [2.24, 2.45) is 0 Å². The fraction of sp³-hybridized carbons (Fsp3) is 0. The van der Waals surface area contributed by atoms with Crippen LogP contribution in [0.3, 0.4) is 0 Å². The standard InChI is InChI=1S/C47H29N5/c1-4-16-30(17-5-1)43-45-35-24-11-10-22-33(35)36-28-37-34-23-12-15-27-40(34)51(41(37)29-42(36)52(45)46(50-43)32-20-8-3-9-21-32)47-44(31-18-6-2-7-19-31)48-38-25-13-14-26-39(38)49-47/h1-29H. The molecular weight excluding hydrogens is 635 g/mol. The average molecular weight is 664 g/mol. The average Bonchev–Trinajstić information content (AvgIpc) is 3.78. The number of pyridine rings is 1. The molecule has 0 aliphatic rings. The van der Waals surface area contributed by atoms with Crippen LogP contribution in [0.2, 0.25) is 0 Å². The zero-order valence-corrected chi connectivity index (χ0v) is 28.0. The number of fused-ring (bicyclic) bond motifs is 10. The summed E-state index contributed by atoms with van der Waals surface area (Å²) in [7, 11) is 0. The van der Waals surface area contributed by atoms with Gasteiger partial charge in [0.25, 0.3) is 0 Å². The Bertz CT molecular complexity index is 3160. The molecule has 4 heterocycles. The molecule has 0 fully saturated rings. The normalized spacial score (nSPS) is 11.8. The molecule has 11 rings (SSSR count). The van der Waals surface area contributed by atoms with E-state index in [1.54, 1.807) is 0 Å². The minimum absolute atomic E-state index is 0.798. The number of para-hydroxylation sites is 3. The molecule has 0 aliphatic carbocycles. The molecule has 7 aromatic carbocycles. The molecule has 0 atom stereocenters. The number of rotatable bonds is 4. The molecule has 242 valence electrons. The third kappa shape index (κ3) is 4.20. The summed E-state index contributed by atoms with van der Waals surface area (Å²) >= 11 is 0. The van der Waals surface area contributed by atoms with Crippen molar-refractivity contribution in [3.8, 4) is 39.7 Å². The van der Waals surface area contributed by atoms with Gasteiger partial charge in [0.05, 0.1) is 38.8 Å². The Morgan fingerprint density at radius 2 is 0.885 bits per heavy atom. The molecule has 5 nitrogen and oxygen atoms in total. The molecular formula is C47H29N5. The Morgan fingerprint density at radius 1 is 0.346 bits per heavy atom. The monoisotopic (exact) mass is 663 g/mol. The van der Waals surface area contributed by atoms with Crippen molar-refractivity contribution < 1.29 is 0 Å². The van der Waals surface area contributed by atoms with Crippen LogP contribution in [0, 0.1) is 0 Å². The predicted molar refractivity (Wildman–Crippen MR) is 214 cm³/mol. The van der Waals surface area contributed by atoms with Gasteiger partial charge in [0.2, 0.25) is 0 Å². The van der Waals surface area contributed by atoms with Crippen molar-refractivity contribution >= 4 is 60.0 Å². The smallest absolute Gasteiger partial charge is 0.165 e. The number of nitrogens with zero attached hydrogens (tertiary/aromatic N) is 5. The van der Waals surface area contributed by atoms with Crippen LogP contribution in [0.1, 0.15) is 0 Å². The second-order valence-electron chi connectivity index (χ2n) is 13.2. The summed E-state index contributed by atoms with van der Waals surface area (Å²) < 4.78 is 4.69. The number of hydrogen-bond acceptors (Lipinski definition) is 3. The Kier molecular flexibility index (Phi) is 6.18. The third-order valence-electron chi connectivity index (χ3n) is 10.3. The van der Waals surface area contributed by atoms with Crippen molar-refractivity contribution in [2.75, 3.05) is 0 Å². The topological polar surface area (TPSA) is 48.0 Å². The van der Waals surface area contributed by atoms with Crippen molar-refractivity contribution in [1.82, 2.24) is 23.9 Å². The summed E-state index contributed by atoms with van der Waals surface area (Å²) in [5.41, 5.74) is 11.0. The van der Waals surface area contributed by atoms with Crippen LogP contribution in [-0.4, -0.2) is 23.9 Å². The fourth-order valence-corrected chi connectivity index (χ4v) is 7.98. The molecule has 0 aliphatic heterocycles. The van der Waals surface area contributed by atoms with Crippen molar-refractivity contribution in [2.45, 2.75) is 0 Å². The molecule has 11 aromatic rings. The molecule has 0 saturated carbocycles. The van der Waals surface area contributed by atoms with Gasteiger partial charge < -0.3 is 0 Å². The van der Waals surface area contributed by atoms with Crippen LogP contribution in [0.5, 0.6) is 0 Å². The van der Waals surface area contributed by atoms with E-state index in [1.165, 1.54) is 16.2 Å². The maximum absolute atomic E-state index is 5.46. The summed E-state index contributed by atoms with van der Waals surface area (Å²) in [6.45, 7) is 0. The highest BCUT2D eigenvalue weighted by Crippen LogP contribution is 2.43. The highest BCUT2D eigenvalue weighted by molar-refractivity contribution is 6.21. The van der Waals surface area contributed by atoms with Crippen LogP contribution < -0.4 is 0 Å². The number of aromatic nitrogens is 5. The van der Waals surface area contributed by atoms with Gasteiger partial charge in [-0.25, -0.2) is 15.0 Å². The van der Waals surface area contributed by atoms with Gasteiger partial charge in [0, 0.05) is 38.2 Å². The quantitative estimate of drug-likeness (QED) is 0.176. The lowest BCUT2D eigenvalue weighted by Crippen LogP contribution is -2.04. The van der Waals surface area contributed by atoms with E-state index in [0.29, 0.717) is 0 Å². The second kappa shape index (κ2) is 11.2. The summed E-state index contributed by atoms with van der Waals surface area (Å²) in [6, 6.07) is 61.7. The Morgan fingerprint density at radius 3 is 1.60 bits per heavy atom. The second-order valence-corrected chi connectivity index (χ2v) is 13.2. The van der Waals surface area contributed by atoms with E-state index in [4.69, 9.17) is 15.0 Å². The summed E-state index contributed by atoms with van der Waals surface area (Å²) in [5.74, 6) is 1.70. The summed E-state index contributed by atoms with van der Waals surface area (Å²) in [6.07, 6.45) is 0. The SMILES string of the molecule is c1ccc(-c2nc3ccccc3nc2-n2c3ccccc3c3cc4c5ccccc5c5c(-c6ccccc6)nc(-c6ccccc6)n5c4cc32)cc1. The number of imidazole rings is 1. The first-order valence-corrected chi connectivity index (χ1v) is 17.6. The zero-order valence-electron chi connectivity index (χ0n) is 28.0. The first-order chi connectivity index (χ1) is 25.8. The molecule has 0 unspecified atom stereocenters. The molecule has 4 aromatic heterocycles. The largest absolute Gasteiger partial charge is 0.292 e. The molecule has 0 saturated heterocycles. The Labute approximate surface area is 298 Å². The van der Waals surface area contributed by atoms with E-state index in [0.717, 1.165) is 83.6 Å². The van der Waals surface area contributed by atoms with Crippen molar-refractivity contribution in [3.05, 3.63) is 176 Å². The molecule has 52 heavy (non-hydrogen) atoms. The predicted octanol–water partition coefficient (Wildman–Crippen LogP) is 11.7. The van der Waals surface area contributed by atoms with Gasteiger partial charge in [-0.15, -0.1) is 0 Å². The summed E-state index contributed by atoms with van der Waals surface area (Å²) in [4.78, 5) is 16.1. The van der Waals surface area contributed by atoms with Gasteiger partial charge in [-0.3, -0.25) is 8.97 Å². The van der Waals surface area contributed by atoms with Gasteiger partial charge in [0.1, 0.15) is 11.5 Å². The molecule has 0 spiro atoms. The molecule has 0 amide bonds. The van der Waals surface area contributed by atoms with Crippen molar-refractivity contribution in [1.29, 1.82) is 0 Å². The van der Waals surface area contributed by atoms with E-state index < -0.39 is 0 Å². The lowest BCUT2D eigenvalue weighted by molar-refractivity contribution is 1.08. The van der Waals surface area contributed by atoms with Gasteiger partial charge in [-0.1, -0.05) is 146 Å². The highest BCUT2D eigenvalue weighted by Gasteiger charge is 2.24. The minimum atomic E-state index is 0.798. The maximum Gasteiger partial charge on any atom is 0.165 e. The van der Waals surface area contributed by atoms with Gasteiger partial charge in [-0.2, -0.15) is 0 Å². The maximum atomic E-state index is 5.46. The van der Waals surface area contributed by atoms with Crippen LogP contribution >= 0.6 is 0 Å². The molecule has 0 N–H and O–H groups in total. The summed E-state index contributed by atoms with van der Waals surface area (Å²) in [5, 5.41) is 5.84. The fourth-order valence-electron chi connectivity index (χ4n) is 7.98. The number of hydrogen-bond donors (Lipinski definition) is 0. The molecule has 0 bridgehead atoms. The lowest BCUT2D eigenvalue weighted by atomic mass is 10.0.